The first kappa shape index (κ1) is 21.6. The molecule has 7 nitrogen and oxygen atoms in total. The molecule has 0 aromatic heterocycles. The van der Waals surface area contributed by atoms with Crippen molar-refractivity contribution >= 4 is 39.7 Å². The first-order valence-corrected chi connectivity index (χ1v) is 8.61. The molecule has 9 heteroatoms. The molecule has 1 aromatic rings. The van der Waals surface area contributed by atoms with E-state index in [2.05, 4.69) is 16.0 Å². The van der Waals surface area contributed by atoms with Crippen molar-refractivity contribution < 1.29 is 13.2 Å². The van der Waals surface area contributed by atoms with Crippen molar-refractivity contribution in [1.29, 1.82) is 0 Å². The molecule has 0 aliphatic carbocycles. The van der Waals surface area contributed by atoms with E-state index in [1.807, 2.05) is 0 Å². The summed E-state index contributed by atoms with van der Waals surface area (Å²) in [5.41, 5.74) is 1.10. The summed E-state index contributed by atoms with van der Waals surface area (Å²) in [5, 5.41) is 8.39. The molecule has 132 valence electrons. The number of benzene rings is 1. The van der Waals surface area contributed by atoms with Crippen molar-refractivity contribution in [3.63, 3.8) is 0 Å². The van der Waals surface area contributed by atoms with Crippen LogP contribution in [-0.2, 0) is 14.8 Å². The van der Waals surface area contributed by atoms with Gasteiger partial charge in [-0.2, -0.15) is 4.31 Å². The van der Waals surface area contributed by atoms with Crippen LogP contribution < -0.4 is 16.0 Å². The molecule has 0 saturated heterocycles. The van der Waals surface area contributed by atoms with E-state index in [1.165, 1.54) is 16.4 Å². The van der Waals surface area contributed by atoms with Crippen LogP contribution in [0.25, 0.3) is 0 Å². The Morgan fingerprint density at radius 3 is 2.22 bits per heavy atom. The quantitative estimate of drug-likeness (QED) is 0.647. The molecule has 3 N–H and O–H groups in total. The first-order chi connectivity index (χ1) is 10.4. The normalized spacial score (nSPS) is 11.0. The van der Waals surface area contributed by atoms with Crippen LogP contribution in [0, 0.1) is 0 Å². The Hall–Kier alpha value is -1.35. The van der Waals surface area contributed by atoms with E-state index in [9.17, 15) is 13.2 Å². The Morgan fingerprint density at radius 2 is 1.74 bits per heavy atom. The number of nitrogens with zero attached hydrogens (tertiary/aromatic N) is 1. The molecule has 0 saturated carbocycles. The molecule has 0 bridgehead atoms. The molecule has 1 aromatic carbocycles. The molecule has 0 aliphatic heterocycles. The fourth-order valence-corrected chi connectivity index (χ4v) is 3.56. The van der Waals surface area contributed by atoms with Crippen molar-refractivity contribution in [2.75, 3.05) is 44.4 Å². The number of halogens is 1. The van der Waals surface area contributed by atoms with E-state index >= 15 is 0 Å². The highest BCUT2D eigenvalue weighted by Crippen LogP contribution is 2.26. The zero-order chi connectivity index (χ0) is 16.8. The maximum absolute atomic E-state index is 12.5. The third-order valence-electron chi connectivity index (χ3n) is 3.21. The first-order valence-electron chi connectivity index (χ1n) is 7.17. The highest BCUT2D eigenvalue weighted by atomic mass is 35.5. The number of carbonyl (C=O) groups is 1. The summed E-state index contributed by atoms with van der Waals surface area (Å²) in [4.78, 5) is 11.9. The number of amides is 1. The number of rotatable bonds is 8. The van der Waals surface area contributed by atoms with Gasteiger partial charge in [0.15, 0.2) is 0 Å². The van der Waals surface area contributed by atoms with Crippen LogP contribution in [-0.4, -0.2) is 52.4 Å². The van der Waals surface area contributed by atoms with E-state index in [0.717, 1.165) is 0 Å². The number of nitrogens with one attached hydrogen (secondary N) is 3. The minimum absolute atomic E-state index is 0. The minimum Gasteiger partial charge on any atom is -0.386 e. The van der Waals surface area contributed by atoms with Gasteiger partial charge in [-0.25, -0.2) is 8.42 Å². The van der Waals surface area contributed by atoms with Gasteiger partial charge >= 0.3 is 0 Å². The number of carbonyl (C=O) groups excluding carboxylic acids is 1. The summed E-state index contributed by atoms with van der Waals surface area (Å²) in [6, 6.07) is 4.66. The fraction of sp³-hybridized carbons (Fsp3) is 0.500. The number of likely N-dealkylation sites (N-methyl/N-ethyl adjacent to an activating group) is 1. The van der Waals surface area contributed by atoms with Crippen molar-refractivity contribution in [1.82, 2.24) is 9.62 Å². The minimum atomic E-state index is -3.56. The number of sulfonamides is 1. The highest BCUT2D eigenvalue weighted by Gasteiger charge is 2.22. The van der Waals surface area contributed by atoms with Crippen LogP contribution in [0.3, 0.4) is 0 Å². The van der Waals surface area contributed by atoms with Gasteiger partial charge in [-0.15, -0.1) is 12.4 Å². The Morgan fingerprint density at radius 1 is 1.13 bits per heavy atom. The van der Waals surface area contributed by atoms with Gasteiger partial charge < -0.3 is 16.0 Å². The molecule has 23 heavy (non-hydrogen) atoms. The lowest BCUT2D eigenvalue weighted by molar-refractivity contribution is -0.115. The molecule has 0 heterocycles. The second kappa shape index (κ2) is 9.71. The third-order valence-corrected chi connectivity index (χ3v) is 5.26. The SMILES string of the molecule is CCN(CC)S(=O)(=O)c1ccc(NC)c(NC(=O)CNC)c1.Cl. The Kier molecular flexibility index (Phi) is 9.14. The summed E-state index contributed by atoms with van der Waals surface area (Å²) < 4.78 is 26.5. The van der Waals surface area contributed by atoms with Crippen LogP contribution in [0.1, 0.15) is 13.8 Å². The monoisotopic (exact) mass is 364 g/mol. The maximum Gasteiger partial charge on any atom is 0.243 e. The van der Waals surface area contributed by atoms with Gasteiger partial charge in [0, 0.05) is 20.1 Å². The van der Waals surface area contributed by atoms with Gasteiger partial charge in [-0.05, 0) is 25.2 Å². The zero-order valence-electron chi connectivity index (χ0n) is 13.8. The van der Waals surface area contributed by atoms with Crippen molar-refractivity contribution in [2.24, 2.45) is 0 Å². The second-order valence-electron chi connectivity index (χ2n) is 4.63. The van der Waals surface area contributed by atoms with Crippen molar-refractivity contribution in [3.05, 3.63) is 18.2 Å². The van der Waals surface area contributed by atoms with Gasteiger partial charge in [0.05, 0.1) is 22.8 Å². The van der Waals surface area contributed by atoms with E-state index < -0.39 is 10.0 Å². The van der Waals surface area contributed by atoms with Gasteiger partial charge in [0.1, 0.15) is 0 Å². The van der Waals surface area contributed by atoms with Gasteiger partial charge in [0.2, 0.25) is 15.9 Å². The Labute approximate surface area is 144 Å². The third kappa shape index (κ3) is 5.35. The summed E-state index contributed by atoms with van der Waals surface area (Å²) >= 11 is 0. The van der Waals surface area contributed by atoms with E-state index in [-0.39, 0.29) is 29.8 Å². The van der Waals surface area contributed by atoms with Gasteiger partial charge in [0.25, 0.3) is 0 Å². The Bertz CT molecular complexity index is 618. The standard InChI is InChI=1S/C14H24N4O3S.ClH/c1-5-18(6-2)22(20,21)11-7-8-12(16-4)13(9-11)17-14(19)10-15-3;/h7-9,15-16H,5-6,10H2,1-4H3,(H,17,19);1H. The van der Waals surface area contributed by atoms with Crippen molar-refractivity contribution in [2.45, 2.75) is 18.7 Å². The van der Waals surface area contributed by atoms with Gasteiger partial charge in [-0.1, -0.05) is 13.8 Å². The van der Waals surface area contributed by atoms with Crippen LogP contribution in [0.2, 0.25) is 0 Å². The fourth-order valence-electron chi connectivity index (χ4n) is 2.07. The summed E-state index contributed by atoms with van der Waals surface area (Å²) in [6.45, 7) is 4.52. The average Bonchev–Trinajstić information content (AvgIpc) is 2.48. The number of anilines is 2. The molecule has 0 fully saturated rings. The maximum atomic E-state index is 12.5. The van der Waals surface area contributed by atoms with E-state index in [4.69, 9.17) is 0 Å². The lowest BCUT2D eigenvalue weighted by atomic mass is 10.2. The molecule has 0 radical (unpaired) electrons. The molecular weight excluding hydrogens is 340 g/mol. The predicted octanol–water partition coefficient (Wildman–Crippen LogP) is 1.34. The molecule has 1 amide bonds. The largest absolute Gasteiger partial charge is 0.386 e. The smallest absolute Gasteiger partial charge is 0.243 e. The number of hydrogen-bond acceptors (Lipinski definition) is 5. The van der Waals surface area contributed by atoms with E-state index in [0.29, 0.717) is 24.5 Å². The molecule has 1 rings (SSSR count). The number of hydrogen-bond donors (Lipinski definition) is 3. The molecule has 0 spiro atoms. The second-order valence-corrected chi connectivity index (χ2v) is 6.56. The van der Waals surface area contributed by atoms with Crippen LogP contribution >= 0.6 is 12.4 Å². The molecule has 0 unspecified atom stereocenters. The molecule has 0 atom stereocenters. The highest BCUT2D eigenvalue weighted by molar-refractivity contribution is 7.89. The average molecular weight is 365 g/mol. The van der Waals surface area contributed by atoms with Gasteiger partial charge in [-0.3, -0.25) is 4.79 Å². The molecular formula is C14H25ClN4O3S. The van der Waals surface area contributed by atoms with Crippen molar-refractivity contribution in [3.8, 4) is 0 Å². The van der Waals surface area contributed by atoms with Crippen LogP contribution in [0.15, 0.2) is 23.1 Å². The Balaban J connectivity index is 0.00000484. The predicted molar refractivity (Wildman–Crippen MR) is 95.9 cm³/mol. The van der Waals surface area contributed by atoms with E-state index in [1.54, 1.807) is 34.0 Å². The summed E-state index contributed by atoms with van der Waals surface area (Å²) in [6.07, 6.45) is 0. The lowest BCUT2D eigenvalue weighted by Crippen LogP contribution is -2.31. The van der Waals surface area contributed by atoms with Crippen LogP contribution in [0.5, 0.6) is 0 Å². The summed E-state index contributed by atoms with van der Waals surface area (Å²) in [7, 11) is -0.182. The molecule has 0 aliphatic rings. The zero-order valence-corrected chi connectivity index (χ0v) is 15.5. The topological polar surface area (TPSA) is 90.5 Å². The van der Waals surface area contributed by atoms with Crippen LogP contribution in [0.4, 0.5) is 11.4 Å². The lowest BCUT2D eigenvalue weighted by Gasteiger charge is -2.20. The summed E-state index contributed by atoms with van der Waals surface area (Å²) in [5.74, 6) is -0.239.